The second-order valence-corrected chi connectivity index (χ2v) is 7.87. The molecule has 0 N–H and O–H groups in total. The summed E-state index contributed by atoms with van der Waals surface area (Å²) in [5.41, 5.74) is -0.803. The predicted molar refractivity (Wildman–Crippen MR) is 92.4 cm³/mol. The van der Waals surface area contributed by atoms with E-state index in [2.05, 4.69) is 15.9 Å². The van der Waals surface area contributed by atoms with Crippen molar-refractivity contribution in [2.45, 2.75) is 39.3 Å². The van der Waals surface area contributed by atoms with E-state index in [1.54, 1.807) is 27.7 Å². The van der Waals surface area contributed by atoms with E-state index in [-0.39, 0.29) is 35.7 Å². The number of carbonyl (C=O) groups excluding carboxylic acids is 2. The van der Waals surface area contributed by atoms with Crippen LogP contribution >= 0.6 is 15.9 Å². The molecule has 0 saturated carbocycles. The van der Waals surface area contributed by atoms with Crippen molar-refractivity contribution in [1.82, 2.24) is 9.80 Å². The highest BCUT2D eigenvalue weighted by molar-refractivity contribution is 9.10. The molecule has 0 radical (unpaired) electrons. The zero-order chi connectivity index (χ0) is 18.9. The lowest BCUT2D eigenvalue weighted by atomic mass is 10.1. The molecule has 1 aliphatic heterocycles. The van der Waals surface area contributed by atoms with Crippen molar-refractivity contribution in [2.75, 3.05) is 19.6 Å². The molecule has 1 unspecified atom stereocenters. The van der Waals surface area contributed by atoms with Gasteiger partial charge in [0.05, 0.1) is 10.0 Å². The van der Waals surface area contributed by atoms with E-state index in [4.69, 9.17) is 4.74 Å². The van der Waals surface area contributed by atoms with Crippen LogP contribution in [0.5, 0.6) is 0 Å². The smallest absolute Gasteiger partial charge is 0.410 e. The Balaban J connectivity index is 2.10. The van der Waals surface area contributed by atoms with Crippen LogP contribution in [0.1, 0.15) is 38.1 Å². The minimum atomic E-state index is -0.910. The van der Waals surface area contributed by atoms with Crippen LogP contribution in [0.15, 0.2) is 16.6 Å². The summed E-state index contributed by atoms with van der Waals surface area (Å²) in [6.07, 6.45) is -0.442. The number of nitrogens with zero attached hydrogens (tertiary/aromatic N) is 2. The van der Waals surface area contributed by atoms with Gasteiger partial charge in [0, 0.05) is 31.7 Å². The third-order valence-electron chi connectivity index (χ3n) is 3.78. The molecule has 0 aliphatic carbocycles. The standard InChI is InChI=1S/C17H21BrF2N2O3/c1-10-9-21(16(24)25-17(2,3)4)5-6-22(10)15(23)11-7-12(18)14(20)8-13(11)19/h7-8,10H,5-6,9H2,1-4H3. The largest absolute Gasteiger partial charge is 0.444 e. The highest BCUT2D eigenvalue weighted by atomic mass is 79.9. The molecule has 1 aliphatic rings. The first-order valence-corrected chi connectivity index (χ1v) is 8.72. The lowest BCUT2D eigenvalue weighted by molar-refractivity contribution is 0.00606. The lowest BCUT2D eigenvalue weighted by Crippen LogP contribution is -2.56. The lowest BCUT2D eigenvalue weighted by Gasteiger charge is -2.40. The van der Waals surface area contributed by atoms with Crippen molar-refractivity contribution in [3.05, 3.63) is 33.8 Å². The topological polar surface area (TPSA) is 49.9 Å². The molecule has 2 amide bonds. The first-order chi connectivity index (χ1) is 11.5. The van der Waals surface area contributed by atoms with Gasteiger partial charge in [-0.3, -0.25) is 4.79 Å². The summed E-state index contributed by atoms with van der Waals surface area (Å²) in [4.78, 5) is 27.7. The Hall–Kier alpha value is -1.70. The number of hydrogen-bond donors (Lipinski definition) is 0. The number of rotatable bonds is 1. The molecule has 0 bridgehead atoms. The molecule has 0 aromatic heterocycles. The zero-order valence-electron chi connectivity index (χ0n) is 14.6. The second-order valence-electron chi connectivity index (χ2n) is 7.02. The monoisotopic (exact) mass is 418 g/mol. The molecule has 0 spiro atoms. The van der Waals surface area contributed by atoms with E-state index in [9.17, 15) is 18.4 Å². The van der Waals surface area contributed by atoms with Crippen molar-refractivity contribution in [1.29, 1.82) is 0 Å². The molecule has 1 aromatic rings. The van der Waals surface area contributed by atoms with Crippen LogP contribution < -0.4 is 0 Å². The fraction of sp³-hybridized carbons (Fsp3) is 0.529. The summed E-state index contributed by atoms with van der Waals surface area (Å²) < 4.78 is 32.7. The quantitative estimate of drug-likeness (QED) is 0.651. The number of benzene rings is 1. The van der Waals surface area contributed by atoms with E-state index in [0.717, 1.165) is 6.07 Å². The van der Waals surface area contributed by atoms with Gasteiger partial charge in [-0.05, 0) is 49.7 Å². The molecule has 138 valence electrons. The van der Waals surface area contributed by atoms with Gasteiger partial charge < -0.3 is 14.5 Å². The Labute approximate surface area is 154 Å². The summed E-state index contributed by atoms with van der Waals surface area (Å²) in [6.45, 7) is 7.92. The van der Waals surface area contributed by atoms with E-state index in [1.165, 1.54) is 9.80 Å². The molecule has 1 heterocycles. The molecule has 2 rings (SSSR count). The average Bonchev–Trinajstić information content (AvgIpc) is 2.48. The van der Waals surface area contributed by atoms with Gasteiger partial charge in [-0.1, -0.05) is 0 Å². The summed E-state index contributed by atoms with van der Waals surface area (Å²) in [6, 6.07) is 1.50. The summed E-state index contributed by atoms with van der Waals surface area (Å²) in [7, 11) is 0. The Morgan fingerprint density at radius 2 is 1.84 bits per heavy atom. The summed E-state index contributed by atoms with van der Waals surface area (Å²) >= 11 is 2.96. The first kappa shape index (κ1) is 19.6. The van der Waals surface area contributed by atoms with Crippen LogP contribution in [0, 0.1) is 11.6 Å². The highest BCUT2D eigenvalue weighted by Crippen LogP contribution is 2.23. The van der Waals surface area contributed by atoms with Crippen molar-refractivity contribution in [3.63, 3.8) is 0 Å². The van der Waals surface area contributed by atoms with Gasteiger partial charge in [-0.15, -0.1) is 0 Å². The van der Waals surface area contributed by atoms with Gasteiger partial charge in [-0.2, -0.15) is 0 Å². The molecule has 25 heavy (non-hydrogen) atoms. The van der Waals surface area contributed by atoms with Crippen LogP contribution in [0.3, 0.4) is 0 Å². The zero-order valence-corrected chi connectivity index (χ0v) is 16.2. The van der Waals surface area contributed by atoms with Crippen LogP contribution in [-0.4, -0.2) is 53.1 Å². The number of hydrogen-bond acceptors (Lipinski definition) is 3. The SMILES string of the molecule is CC1CN(C(=O)OC(C)(C)C)CCN1C(=O)c1cc(Br)c(F)cc1F. The van der Waals surface area contributed by atoms with Crippen molar-refractivity contribution >= 4 is 27.9 Å². The maximum Gasteiger partial charge on any atom is 0.410 e. The minimum absolute atomic E-state index is 0.0253. The second kappa shape index (κ2) is 7.27. The fourth-order valence-corrected chi connectivity index (χ4v) is 2.94. The van der Waals surface area contributed by atoms with Crippen LogP contribution in [0.25, 0.3) is 0 Å². The fourth-order valence-electron chi connectivity index (χ4n) is 2.59. The van der Waals surface area contributed by atoms with Gasteiger partial charge in [0.15, 0.2) is 0 Å². The molecule has 1 saturated heterocycles. The summed E-state index contributed by atoms with van der Waals surface area (Å²) in [5, 5.41) is 0. The van der Waals surface area contributed by atoms with Gasteiger partial charge >= 0.3 is 6.09 Å². The van der Waals surface area contributed by atoms with Crippen LogP contribution in [0.4, 0.5) is 13.6 Å². The Morgan fingerprint density at radius 3 is 2.40 bits per heavy atom. The molecule has 1 atom stereocenters. The average molecular weight is 419 g/mol. The Morgan fingerprint density at radius 1 is 1.20 bits per heavy atom. The van der Waals surface area contributed by atoms with E-state index in [1.807, 2.05) is 0 Å². The minimum Gasteiger partial charge on any atom is -0.444 e. The Bertz CT molecular complexity index is 691. The van der Waals surface area contributed by atoms with E-state index < -0.39 is 29.2 Å². The third-order valence-corrected chi connectivity index (χ3v) is 4.39. The number of carbonyl (C=O) groups is 2. The Kier molecular flexibility index (Phi) is 5.71. The van der Waals surface area contributed by atoms with Crippen molar-refractivity contribution < 1.29 is 23.1 Å². The van der Waals surface area contributed by atoms with Crippen molar-refractivity contribution in [3.8, 4) is 0 Å². The summed E-state index contributed by atoms with van der Waals surface area (Å²) in [5.74, 6) is -2.21. The molecule has 1 fully saturated rings. The van der Waals surface area contributed by atoms with Gasteiger partial charge in [-0.25, -0.2) is 13.6 Å². The van der Waals surface area contributed by atoms with E-state index >= 15 is 0 Å². The maximum atomic E-state index is 14.0. The first-order valence-electron chi connectivity index (χ1n) is 7.93. The highest BCUT2D eigenvalue weighted by Gasteiger charge is 2.33. The number of amides is 2. The third kappa shape index (κ3) is 4.68. The molecule has 8 heteroatoms. The van der Waals surface area contributed by atoms with Crippen molar-refractivity contribution in [2.24, 2.45) is 0 Å². The molecule has 5 nitrogen and oxygen atoms in total. The molecule has 1 aromatic carbocycles. The van der Waals surface area contributed by atoms with Gasteiger partial charge in [0.1, 0.15) is 17.2 Å². The van der Waals surface area contributed by atoms with Gasteiger partial charge in [0.2, 0.25) is 0 Å². The molecular formula is C17H21BrF2N2O3. The molecular weight excluding hydrogens is 398 g/mol. The normalized spacial score (nSPS) is 18.3. The van der Waals surface area contributed by atoms with Crippen LogP contribution in [0.2, 0.25) is 0 Å². The number of halogens is 3. The van der Waals surface area contributed by atoms with Gasteiger partial charge in [0.25, 0.3) is 5.91 Å². The van der Waals surface area contributed by atoms with Crippen LogP contribution in [-0.2, 0) is 4.74 Å². The maximum absolute atomic E-state index is 14.0. The number of piperazine rings is 1. The predicted octanol–water partition coefficient (Wildman–Crippen LogP) is 3.81. The van der Waals surface area contributed by atoms with E-state index in [0.29, 0.717) is 6.07 Å². The number of ether oxygens (including phenoxy) is 1.